The highest BCUT2D eigenvalue weighted by Crippen LogP contribution is 2.64. The van der Waals surface area contributed by atoms with E-state index in [1.54, 1.807) is 5.57 Å². The molecule has 0 saturated heterocycles. The van der Waals surface area contributed by atoms with Crippen LogP contribution in [-0.4, -0.2) is 0 Å². The third kappa shape index (κ3) is 1.87. The van der Waals surface area contributed by atoms with Crippen molar-refractivity contribution >= 4 is 23.0 Å². The van der Waals surface area contributed by atoms with Crippen molar-refractivity contribution in [3.05, 3.63) is 35.6 Å². The Morgan fingerprint density at radius 2 is 1.95 bits per heavy atom. The van der Waals surface area contributed by atoms with E-state index in [1.165, 1.54) is 44.3 Å². The van der Waals surface area contributed by atoms with Crippen molar-refractivity contribution in [3.8, 4) is 0 Å². The van der Waals surface area contributed by atoms with Gasteiger partial charge in [-0.2, -0.15) is 0 Å². The molecule has 21 heavy (non-hydrogen) atoms. The number of hydrogen-bond acceptors (Lipinski definition) is 1. The summed E-state index contributed by atoms with van der Waals surface area (Å²) in [6.45, 7) is 4.99. The van der Waals surface area contributed by atoms with Gasteiger partial charge in [0.15, 0.2) is 23.0 Å². The maximum Gasteiger partial charge on any atom is 0.192 e. The third-order valence-corrected chi connectivity index (χ3v) is 7.72. The maximum atomic E-state index is 5.70. The first-order chi connectivity index (χ1) is 10.1. The zero-order chi connectivity index (χ0) is 14.7. The van der Waals surface area contributed by atoms with Crippen LogP contribution in [0.5, 0.6) is 0 Å². The minimum atomic E-state index is 0.300. The summed E-state index contributed by atoms with van der Waals surface area (Å²) in [6.07, 6.45) is 17.5. The van der Waals surface area contributed by atoms with Crippen molar-refractivity contribution in [2.24, 2.45) is 28.6 Å². The van der Waals surface area contributed by atoms with Crippen molar-refractivity contribution in [2.75, 3.05) is 0 Å². The van der Waals surface area contributed by atoms with Gasteiger partial charge in [-0.15, -0.1) is 0 Å². The van der Waals surface area contributed by atoms with Gasteiger partial charge >= 0.3 is 0 Å². The smallest absolute Gasteiger partial charge is 0.192 e. The highest BCUT2D eigenvalue weighted by Gasteiger charge is 2.56. The zero-order valence-electron chi connectivity index (χ0n) is 13.1. The van der Waals surface area contributed by atoms with E-state index in [0.29, 0.717) is 10.8 Å². The van der Waals surface area contributed by atoms with Crippen LogP contribution in [0.4, 0.5) is 0 Å². The third-order valence-electron chi connectivity index (χ3n) is 7.25. The number of rotatable bonds is 1. The molecular weight excluding hydrogens is 371 g/mol. The first kappa shape index (κ1) is 14.3. The standard InChI is InChI=1S/C19H25IO/c1-18-11-4-3-5-13(18)6-7-14-15-8-9-17(21-20)19(15,2)12-10-16(14)18/h3,5-6,9,14-16H,4,7-8,10-12H2,1-2H3. The summed E-state index contributed by atoms with van der Waals surface area (Å²) in [5, 5.41) is 0. The minimum absolute atomic E-state index is 0.300. The van der Waals surface area contributed by atoms with Crippen LogP contribution in [0.3, 0.4) is 0 Å². The Hall–Kier alpha value is -0.250. The molecule has 0 N–H and O–H groups in total. The lowest BCUT2D eigenvalue weighted by molar-refractivity contribution is -0.0177. The maximum absolute atomic E-state index is 5.70. The fourth-order valence-electron chi connectivity index (χ4n) is 5.95. The first-order valence-electron chi connectivity index (χ1n) is 8.46. The van der Waals surface area contributed by atoms with Gasteiger partial charge in [-0.05, 0) is 73.3 Å². The second-order valence-corrected chi connectivity index (χ2v) is 8.41. The monoisotopic (exact) mass is 396 g/mol. The van der Waals surface area contributed by atoms with E-state index in [1.807, 2.05) is 0 Å². The van der Waals surface area contributed by atoms with Crippen LogP contribution < -0.4 is 0 Å². The van der Waals surface area contributed by atoms with Crippen LogP contribution in [0.2, 0.25) is 0 Å². The summed E-state index contributed by atoms with van der Waals surface area (Å²) in [6, 6.07) is 0. The van der Waals surface area contributed by atoms with Crippen LogP contribution in [-0.2, 0) is 3.07 Å². The molecule has 5 unspecified atom stereocenters. The Morgan fingerprint density at radius 1 is 1.10 bits per heavy atom. The Balaban J connectivity index is 1.70. The molecule has 2 heteroatoms. The molecule has 0 spiro atoms. The topological polar surface area (TPSA) is 9.23 Å². The van der Waals surface area contributed by atoms with E-state index in [0.717, 1.165) is 17.8 Å². The van der Waals surface area contributed by atoms with Crippen molar-refractivity contribution < 1.29 is 3.07 Å². The average molecular weight is 396 g/mol. The normalized spacial score (nSPS) is 47.9. The molecule has 0 bridgehead atoms. The number of fused-ring (bicyclic) bond motifs is 5. The van der Waals surface area contributed by atoms with E-state index >= 15 is 0 Å². The van der Waals surface area contributed by atoms with E-state index in [-0.39, 0.29) is 0 Å². The highest BCUT2D eigenvalue weighted by atomic mass is 127. The summed E-state index contributed by atoms with van der Waals surface area (Å²) in [4.78, 5) is 0. The first-order valence-corrected chi connectivity index (χ1v) is 9.34. The Labute approximate surface area is 142 Å². The summed E-state index contributed by atoms with van der Waals surface area (Å²) < 4.78 is 5.70. The Morgan fingerprint density at radius 3 is 2.76 bits per heavy atom. The summed E-state index contributed by atoms with van der Waals surface area (Å²) in [7, 11) is 0. The molecule has 4 aliphatic rings. The SMILES string of the molecule is CC12CCC=CC1=CCC1C2CCC2(C)C(OI)=CCC12. The summed E-state index contributed by atoms with van der Waals surface area (Å²) in [5.41, 5.74) is 2.37. The molecule has 4 aliphatic carbocycles. The van der Waals surface area contributed by atoms with Crippen molar-refractivity contribution in [1.29, 1.82) is 0 Å². The van der Waals surface area contributed by atoms with Gasteiger partial charge in [-0.3, -0.25) is 0 Å². The molecule has 0 aromatic rings. The van der Waals surface area contributed by atoms with Crippen LogP contribution in [0.1, 0.15) is 52.4 Å². The molecule has 4 rings (SSSR count). The van der Waals surface area contributed by atoms with Crippen molar-refractivity contribution in [2.45, 2.75) is 52.4 Å². The van der Waals surface area contributed by atoms with Crippen LogP contribution in [0.15, 0.2) is 35.6 Å². The molecule has 0 amide bonds. The molecular formula is C19H25IO. The molecule has 114 valence electrons. The highest BCUT2D eigenvalue weighted by molar-refractivity contribution is 14.1. The Bertz CT molecular complexity index is 546. The number of allylic oxidation sites excluding steroid dienone is 6. The van der Waals surface area contributed by atoms with Crippen molar-refractivity contribution in [1.82, 2.24) is 0 Å². The van der Waals surface area contributed by atoms with E-state index in [9.17, 15) is 0 Å². The van der Waals surface area contributed by atoms with Crippen LogP contribution in [0.25, 0.3) is 0 Å². The second-order valence-electron chi connectivity index (χ2n) is 7.97. The van der Waals surface area contributed by atoms with Gasteiger partial charge in [0.1, 0.15) is 5.76 Å². The fraction of sp³-hybridized carbons (Fsp3) is 0.684. The Kier molecular flexibility index (Phi) is 3.33. The number of hydrogen-bond donors (Lipinski definition) is 0. The molecule has 1 fully saturated rings. The van der Waals surface area contributed by atoms with Crippen LogP contribution >= 0.6 is 23.0 Å². The minimum Gasteiger partial charge on any atom is -0.432 e. The molecule has 0 radical (unpaired) electrons. The van der Waals surface area contributed by atoms with Crippen LogP contribution in [0, 0.1) is 28.6 Å². The molecule has 1 saturated carbocycles. The summed E-state index contributed by atoms with van der Waals surface area (Å²) >= 11 is 2.08. The van der Waals surface area contributed by atoms with Gasteiger partial charge in [0, 0.05) is 5.41 Å². The molecule has 1 nitrogen and oxygen atoms in total. The second kappa shape index (κ2) is 4.87. The van der Waals surface area contributed by atoms with Gasteiger partial charge in [-0.1, -0.05) is 32.1 Å². The van der Waals surface area contributed by atoms with E-state index in [2.05, 4.69) is 61.2 Å². The number of halogens is 1. The molecule has 0 heterocycles. The van der Waals surface area contributed by atoms with Gasteiger partial charge in [0.2, 0.25) is 0 Å². The van der Waals surface area contributed by atoms with Gasteiger partial charge in [0.05, 0.1) is 0 Å². The lowest BCUT2D eigenvalue weighted by atomic mass is 9.49. The average Bonchev–Trinajstić information content (AvgIpc) is 2.83. The summed E-state index contributed by atoms with van der Waals surface area (Å²) in [5.74, 6) is 3.78. The fourth-order valence-corrected chi connectivity index (χ4v) is 6.63. The van der Waals surface area contributed by atoms with Crippen molar-refractivity contribution in [3.63, 3.8) is 0 Å². The van der Waals surface area contributed by atoms with Gasteiger partial charge < -0.3 is 3.07 Å². The molecule has 0 aliphatic heterocycles. The molecule has 0 aromatic heterocycles. The zero-order valence-corrected chi connectivity index (χ0v) is 15.2. The van der Waals surface area contributed by atoms with Gasteiger partial charge in [-0.25, -0.2) is 0 Å². The molecule has 0 aromatic carbocycles. The van der Waals surface area contributed by atoms with E-state index < -0.39 is 0 Å². The predicted octanol–water partition coefficient (Wildman–Crippen LogP) is 5.98. The predicted molar refractivity (Wildman–Crippen MR) is 94.8 cm³/mol. The van der Waals surface area contributed by atoms with E-state index in [4.69, 9.17) is 3.07 Å². The largest absolute Gasteiger partial charge is 0.432 e. The lowest BCUT2D eigenvalue weighted by Crippen LogP contribution is -2.48. The lowest BCUT2D eigenvalue weighted by Gasteiger charge is -2.56. The molecule has 5 atom stereocenters. The quantitative estimate of drug-likeness (QED) is 0.496. The van der Waals surface area contributed by atoms with Gasteiger partial charge in [0.25, 0.3) is 0 Å².